The molecule has 0 saturated carbocycles. The number of carbonyl (C=O) groups is 1. The van der Waals surface area contributed by atoms with E-state index in [1.165, 1.54) is 12.1 Å². The standard InChI is InChI=1S/C25H21NO5S/c1-18-22(25(27)30-17-19-11-5-2-6-12-19)23(24(31-18)20-13-7-3-8-14-20)26-32(28,29)21-15-9-4-10-16-21/h2-16,24H,17H2,1H3/b26-23-. The second kappa shape index (κ2) is 9.20. The van der Waals surface area contributed by atoms with Crippen molar-refractivity contribution >= 4 is 21.7 Å². The number of hydrogen-bond donors (Lipinski definition) is 0. The van der Waals surface area contributed by atoms with Crippen LogP contribution in [0.5, 0.6) is 0 Å². The number of benzene rings is 3. The normalized spacial score (nSPS) is 17.3. The third kappa shape index (κ3) is 4.63. The van der Waals surface area contributed by atoms with Crippen LogP contribution in [-0.4, -0.2) is 20.1 Å². The van der Waals surface area contributed by atoms with Crippen LogP contribution in [0.1, 0.15) is 24.2 Å². The molecule has 6 nitrogen and oxygen atoms in total. The van der Waals surface area contributed by atoms with E-state index in [4.69, 9.17) is 9.47 Å². The Morgan fingerprint density at radius 3 is 2.09 bits per heavy atom. The highest BCUT2D eigenvalue weighted by Crippen LogP contribution is 2.35. The predicted octanol–water partition coefficient (Wildman–Crippen LogP) is 4.61. The SMILES string of the molecule is CC1=C(C(=O)OCc2ccccc2)/C(=N/S(=O)(=O)c2ccccc2)C(c2ccccc2)O1. The van der Waals surface area contributed by atoms with E-state index in [1.54, 1.807) is 37.3 Å². The first-order valence-corrected chi connectivity index (χ1v) is 11.4. The number of sulfonamides is 1. The number of ether oxygens (including phenoxy) is 2. The van der Waals surface area contributed by atoms with E-state index in [-0.39, 0.29) is 28.5 Å². The minimum Gasteiger partial charge on any atom is -0.483 e. The predicted molar refractivity (Wildman–Crippen MR) is 120 cm³/mol. The highest BCUT2D eigenvalue weighted by atomic mass is 32.2. The van der Waals surface area contributed by atoms with Crippen LogP contribution < -0.4 is 0 Å². The van der Waals surface area contributed by atoms with Gasteiger partial charge in [-0.15, -0.1) is 0 Å². The smallest absolute Gasteiger partial charge is 0.343 e. The van der Waals surface area contributed by atoms with E-state index in [9.17, 15) is 13.2 Å². The summed E-state index contributed by atoms with van der Waals surface area (Å²) in [5, 5.41) is 0. The summed E-state index contributed by atoms with van der Waals surface area (Å²) < 4.78 is 41.4. The summed E-state index contributed by atoms with van der Waals surface area (Å²) in [5.74, 6) is -0.425. The molecule has 0 amide bonds. The molecule has 0 bridgehead atoms. The van der Waals surface area contributed by atoms with E-state index < -0.39 is 22.1 Å². The Morgan fingerprint density at radius 2 is 1.47 bits per heavy atom. The molecular formula is C25H21NO5S. The highest BCUT2D eigenvalue weighted by Gasteiger charge is 2.38. The lowest BCUT2D eigenvalue weighted by atomic mass is 10.0. The molecule has 1 aliphatic heterocycles. The summed E-state index contributed by atoms with van der Waals surface area (Å²) in [6.45, 7) is 1.65. The summed E-state index contributed by atoms with van der Waals surface area (Å²) >= 11 is 0. The summed E-state index contributed by atoms with van der Waals surface area (Å²) in [6, 6.07) is 26.1. The van der Waals surface area contributed by atoms with Crippen LogP contribution in [0, 0.1) is 0 Å². The number of allylic oxidation sites excluding steroid dienone is 1. The molecule has 1 unspecified atom stereocenters. The molecule has 0 spiro atoms. The Morgan fingerprint density at radius 1 is 0.906 bits per heavy atom. The fourth-order valence-electron chi connectivity index (χ4n) is 3.37. The van der Waals surface area contributed by atoms with Gasteiger partial charge in [-0.3, -0.25) is 0 Å². The first-order chi connectivity index (χ1) is 15.5. The molecule has 162 valence electrons. The molecule has 1 atom stereocenters. The molecule has 0 radical (unpaired) electrons. The molecule has 1 heterocycles. The van der Waals surface area contributed by atoms with Gasteiger partial charge in [-0.25, -0.2) is 4.79 Å². The van der Waals surface area contributed by atoms with Gasteiger partial charge >= 0.3 is 5.97 Å². The Kier molecular flexibility index (Phi) is 6.18. The topological polar surface area (TPSA) is 82.0 Å². The molecule has 4 rings (SSSR count). The van der Waals surface area contributed by atoms with Gasteiger partial charge in [0, 0.05) is 0 Å². The Hall–Kier alpha value is -3.71. The van der Waals surface area contributed by atoms with Crippen molar-refractivity contribution < 1.29 is 22.7 Å². The zero-order valence-electron chi connectivity index (χ0n) is 17.3. The molecule has 3 aromatic carbocycles. The molecule has 0 fully saturated rings. The van der Waals surface area contributed by atoms with E-state index in [1.807, 2.05) is 48.5 Å². The largest absolute Gasteiger partial charge is 0.483 e. The van der Waals surface area contributed by atoms with Gasteiger partial charge < -0.3 is 9.47 Å². The maximum Gasteiger partial charge on any atom is 0.343 e. The van der Waals surface area contributed by atoms with Crippen LogP contribution in [0.4, 0.5) is 0 Å². The summed E-state index contributed by atoms with van der Waals surface area (Å²) in [4.78, 5) is 13.0. The van der Waals surface area contributed by atoms with Crippen LogP contribution in [0.2, 0.25) is 0 Å². The third-order valence-corrected chi connectivity index (χ3v) is 6.23. The van der Waals surface area contributed by atoms with Gasteiger partial charge in [-0.1, -0.05) is 78.9 Å². The molecule has 0 aromatic heterocycles. The highest BCUT2D eigenvalue weighted by molar-refractivity contribution is 7.90. The van der Waals surface area contributed by atoms with Gasteiger partial charge in [0.15, 0.2) is 6.10 Å². The zero-order chi connectivity index (χ0) is 22.6. The number of esters is 1. The average Bonchev–Trinajstić information content (AvgIpc) is 3.14. The van der Waals surface area contributed by atoms with Crippen molar-refractivity contribution in [3.05, 3.63) is 113 Å². The zero-order valence-corrected chi connectivity index (χ0v) is 18.2. The lowest BCUT2D eigenvalue weighted by molar-refractivity contribution is -0.139. The van der Waals surface area contributed by atoms with Crippen molar-refractivity contribution in [2.24, 2.45) is 4.40 Å². The van der Waals surface area contributed by atoms with Gasteiger partial charge in [0.1, 0.15) is 23.7 Å². The van der Waals surface area contributed by atoms with E-state index in [2.05, 4.69) is 4.40 Å². The van der Waals surface area contributed by atoms with Crippen molar-refractivity contribution in [3.63, 3.8) is 0 Å². The van der Waals surface area contributed by atoms with Gasteiger partial charge in [0.05, 0.1) is 4.90 Å². The first kappa shape index (κ1) is 21.5. The summed E-state index contributed by atoms with van der Waals surface area (Å²) in [7, 11) is -4.08. The van der Waals surface area contributed by atoms with Crippen LogP contribution in [0.3, 0.4) is 0 Å². The fraction of sp³-hybridized carbons (Fsp3) is 0.120. The minimum atomic E-state index is -4.08. The van der Waals surface area contributed by atoms with E-state index in [0.717, 1.165) is 5.56 Å². The molecular weight excluding hydrogens is 426 g/mol. The molecule has 0 N–H and O–H groups in total. The number of rotatable bonds is 6. The van der Waals surface area contributed by atoms with E-state index in [0.29, 0.717) is 5.56 Å². The Labute approximate surface area is 186 Å². The van der Waals surface area contributed by atoms with E-state index >= 15 is 0 Å². The van der Waals surface area contributed by atoms with Gasteiger partial charge in [0.2, 0.25) is 0 Å². The third-order valence-electron chi connectivity index (χ3n) is 4.93. The average molecular weight is 448 g/mol. The van der Waals surface area contributed by atoms with Crippen LogP contribution in [-0.2, 0) is 30.9 Å². The summed E-state index contributed by atoms with van der Waals surface area (Å²) in [5.41, 5.74) is 1.53. The van der Waals surface area contributed by atoms with Gasteiger partial charge in [-0.2, -0.15) is 12.8 Å². The van der Waals surface area contributed by atoms with Gasteiger partial charge in [0.25, 0.3) is 10.0 Å². The van der Waals surface area contributed by atoms with Crippen LogP contribution in [0.15, 0.2) is 112 Å². The van der Waals surface area contributed by atoms with Crippen molar-refractivity contribution in [2.45, 2.75) is 24.5 Å². The minimum absolute atomic E-state index is 0.00983. The Balaban J connectivity index is 1.72. The van der Waals surface area contributed by atoms with Crippen molar-refractivity contribution in [1.29, 1.82) is 0 Å². The number of carbonyl (C=O) groups excluding carboxylic acids is 1. The first-order valence-electron chi connectivity index (χ1n) is 9.99. The van der Waals surface area contributed by atoms with Gasteiger partial charge in [-0.05, 0) is 30.2 Å². The number of nitrogens with zero attached hydrogens (tertiary/aromatic N) is 1. The molecule has 7 heteroatoms. The second-order valence-corrected chi connectivity index (χ2v) is 8.77. The van der Waals surface area contributed by atoms with Crippen molar-refractivity contribution in [2.75, 3.05) is 0 Å². The molecule has 32 heavy (non-hydrogen) atoms. The van der Waals surface area contributed by atoms with Crippen molar-refractivity contribution in [3.8, 4) is 0 Å². The maximum atomic E-state index is 13.0. The van der Waals surface area contributed by atoms with Crippen molar-refractivity contribution in [1.82, 2.24) is 0 Å². The fourth-order valence-corrected chi connectivity index (χ4v) is 4.42. The van der Waals surface area contributed by atoms with Crippen LogP contribution >= 0.6 is 0 Å². The summed E-state index contributed by atoms with van der Waals surface area (Å²) in [6.07, 6.45) is -0.839. The quantitative estimate of drug-likeness (QED) is 0.516. The lowest BCUT2D eigenvalue weighted by Crippen LogP contribution is -2.19. The molecule has 0 aliphatic carbocycles. The Bertz CT molecular complexity index is 1270. The lowest BCUT2D eigenvalue weighted by Gasteiger charge is -2.14. The molecule has 0 saturated heterocycles. The van der Waals surface area contributed by atoms with Crippen LogP contribution in [0.25, 0.3) is 0 Å². The molecule has 1 aliphatic rings. The number of hydrogen-bond acceptors (Lipinski definition) is 5. The molecule has 3 aromatic rings. The second-order valence-electron chi connectivity index (χ2n) is 7.17. The monoisotopic (exact) mass is 447 g/mol. The maximum absolute atomic E-state index is 13.0.